The first-order valence-corrected chi connectivity index (χ1v) is 5.36. The van der Waals surface area contributed by atoms with Crippen LogP contribution >= 0.6 is 0 Å². The monoisotopic (exact) mass is 199 g/mol. The summed E-state index contributed by atoms with van der Waals surface area (Å²) in [6.07, 6.45) is 1.89. The van der Waals surface area contributed by atoms with Crippen LogP contribution in [0.4, 0.5) is 0 Å². The Hall–Kier alpha value is -0.610. The average molecular weight is 199 g/mol. The predicted octanol–water partition coefficient (Wildman–Crippen LogP) is -0.208. The predicted molar refractivity (Wildman–Crippen MR) is 56.9 cm³/mol. The summed E-state index contributed by atoms with van der Waals surface area (Å²) in [5, 5.41) is 3.35. The van der Waals surface area contributed by atoms with E-state index in [1.165, 1.54) is 0 Å². The van der Waals surface area contributed by atoms with Crippen molar-refractivity contribution in [1.29, 1.82) is 0 Å². The zero-order valence-electron chi connectivity index (χ0n) is 9.12. The lowest BCUT2D eigenvalue weighted by molar-refractivity contribution is -0.122. The molecule has 0 aliphatic carbocycles. The SMILES string of the molecule is CCNC1CCN(C)CCC1C(N)=O. The van der Waals surface area contributed by atoms with Crippen LogP contribution in [-0.4, -0.2) is 43.5 Å². The fraction of sp³-hybridized carbons (Fsp3) is 0.900. The molecule has 1 amide bonds. The normalized spacial score (nSPS) is 29.9. The molecule has 1 rings (SSSR count). The van der Waals surface area contributed by atoms with E-state index in [0.29, 0.717) is 0 Å². The fourth-order valence-electron chi connectivity index (χ4n) is 2.08. The number of carbonyl (C=O) groups excluding carboxylic acids is 1. The van der Waals surface area contributed by atoms with E-state index in [1.807, 2.05) is 0 Å². The van der Waals surface area contributed by atoms with Gasteiger partial charge in [-0.1, -0.05) is 6.92 Å². The number of nitrogens with zero attached hydrogens (tertiary/aromatic N) is 1. The van der Waals surface area contributed by atoms with Gasteiger partial charge in [0.05, 0.1) is 5.92 Å². The summed E-state index contributed by atoms with van der Waals surface area (Å²) in [4.78, 5) is 13.5. The Morgan fingerprint density at radius 3 is 2.71 bits per heavy atom. The smallest absolute Gasteiger partial charge is 0.222 e. The molecular formula is C10H21N3O. The number of nitrogens with two attached hydrogens (primary N) is 1. The van der Waals surface area contributed by atoms with E-state index in [2.05, 4.69) is 24.2 Å². The molecule has 0 aromatic rings. The third kappa shape index (κ3) is 2.96. The van der Waals surface area contributed by atoms with E-state index in [1.54, 1.807) is 0 Å². The first-order chi connectivity index (χ1) is 6.65. The van der Waals surface area contributed by atoms with Crippen LogP contribution in [-0.2, 0) is 4.79 Å². The molecule has 2 atom stereocenters. The zero-order valence-corrected chi connectivity index (χ0v) is 9.12. The van der Waals surface area contributed by atoms with Crippen LogP contribution in [0.15, 0.2) is 0 Å². The molecule has 0 aromatic heterocycles. The summed E-state index contributed by atoms with van der Waals surface area (Å²) in [5.41, 5.74) is 5.41. The molecule has 4 nitrogen and oxygen atoms in total. The summed E-state index contributed by atoms with van der Waals surface area (Å²) < 4.78 is 0. The van der Waals surface area contributed by atoms with E-state index >= 15 is 0 Å². The van der Waals surface area contributed by atoms with E-state index in [9.17, 15) is 4.79 Å². The lowest BCUT2D eigenvalue weighted by Crippen LogP contribution is -2.42. The topological polar surface area (TPSA) is 58.4 Å². The second kappa shape index (κ2) is 5.32. The molecule has 2 unspecified atom stereocenters. The molecule has 0 saturated carbocycles. The van der Waals surface area contributed by atoms with Gasteiger partial charge in [0.2, 0.25) is 5.91 Å². The molecule has 0 spiro atoms. The molecule has 4 heteroatoms. The van der Waals surface area contributed by atoms with Crippen molar-refractivity contribution in [2.75, 3.05) is 26.7 Å². The molecule has 0 aromatic carbocycles. The lowest BCUT2D eigenvalue weighted by Gasteiger charge is -2.22. The molecule has 1 saturated heterocycles. The third-order valence-corrected chi connectivity index (χ3v) is 2.96. The van der Waals surface area contributed by atoms with Gasteiger partial charge in [-0.2, -0.15) is 0 Å². The van der Waals surface area contributed by atoms with Crippen molar-refractivity contribution in [3.63, 3.8) is 0 Å². The highest BCUT2D eigenvalue weighted by Crippen LogP contribution is 2.17. The number of amides is 1. The van der Waals surface area contributed by atoms with Gasteiger partial charge in [0.25, 0.3) is 0 Å². The first-order valence-electron chi connectivity index (χ1n) is 5.36. The van der Waals surface area contributed by atoms with Gasteiger partial charge < -0.3 is 16.0 Å². The fourth-order valence-corrected chi connectivity index (χ4v) is 2.08. The Kier molecular flexibility index (Phi) is 4.35. The first kappa shape index (κ1) is 11.5. The maximum atomic E-state index is 11.3. The molecule has 3 N–H and O–H groups in total. The second-order valence-electron chi connectivity index (χ2n) is 4.05. The van der Waals surface area contributed by atoms with Gasteiger partial charge in [-0.3, -0.25) is 4.79 Å². The van der Waals surface area contributed by atoms with Crippen molar-refractivity contribution < 1.29 is 4.79 Å². The van der Waals surface area contributed by atoms with Crippen LogP contribution in [0.3, 0.4) is 0 Å². The Balaban J connectivity index is 2.60. The van der Waals surface area contributed by atoms with Crippen LogP contribution in [0.2, 0.25) is 0 Å². The minimum Gasteiger partial charge on any atom is -0.369 e. The minimum absolute atomic E-state index is 0.0000926. The Morgan fingerprint density at radius 2 is 2.14 bits per heavy atom. The molecule has 82 valence electrons. The molecule has 1 fully saturated rings. The molecule has 1 heterocycles. The number of likely N-dealkylation sites (tertiary alicyclic amines) is 1. The van der Waals surface area contributed by atoms with Crippen LogP contribution in [0.5, 0.6) is 0 Å². The van der Waals surface area contributed by atoms with Gasteiger partial charge in [0.15, 0.2) is 0 Å². The summed E-state index contributed by atoms with van der Waals surface area (Å²) in [6.45, 7) is 4.97. The largest absolute Gasteiger partial charge is 0.369 e. The third-order valence-electron chi connectivity index (χ3n) is 2.96. The summed E-state index contributed by atoms with van der Waals surface area (Å²) in [6, 6.07) is 0.266. The standard InChI is InChI=1S/C10H21N3O/c1-3-12-9-5-7-13(2)6-4-8(9)10(11)14/h8-9,12H,3-7H2,1-2H3,(H2,11,14). The number of nitrogens with one attached hydrogen (secondary N) is 1. The highest BCUT2D eigenvalue weighted by molar-refractivity contribution is 5.77. The average Bonchev–Trinajstić information content (AvgIpc) is 2.29. The minimum atomic E-state index is -0.161. The summed E-state index contributed by atoms with van der Waals surface area (Å²) in [5.74, 6) is -0.161. The number of carbonyl (C=O) groups is 1. The van der Waals surface area contributed by atoms with Gasteiger partial charge in [-0.15, -0.1) is 0 Å². The van der Waals surface area contributed by atoms with Gasteiger partial charge in [0.1, 0.15) is 0 Å². The second-order valence-corrected chi connectivity index (χ2v) is 4.05. The van der Waals surface area contributed by atoms with E-state index < -0.39 is 0 Å². The Labute approximate surface area is 85.8 Å². The quantitative estimate of drug-likeness (QED) is 0.661. The van der Waals surface area contributed by atoms with Gasteiger partial charge in [-0.25, -0.2) is 0 Å². The van der Waals surface area contributed by atoms with Crippen LogP contribution in [0.1, 0.15) is 19.8 Å². The number of primary amides is 1. The summed E-state index contributed by atoms with van der Waals surface area (Å²) in [7, 11) is 2.09. The van der Waals surface area contributed by atoms with Crippen molar-refractivity contribution in [3.05, 3.63) is 0 Å². The zero-order chi connectivity index (χ0) is 10.6. The van der Waals surface area contributed by atoms with Crippen molar-refractivity contribution in [2.45, 2.75) is 25.8 Å². The highest BCUT2D eigenvalue weighted by atomic mass is 16.1. The maximum Gasteiger partial charge on any atom is 0.222 e. The molecule has 0 radical (unpaired) electrons. The van der Waals surface area contributed by atoms with E-state index in [4.69, 9.17) is 5.73 Å². The maximum absolute atomic E-state index is 11.3. The van der Waals surface area contributed by atoms with E-state index in [-0.39, 0.29) is 17.9 Å². The molecule has 1 aliphatic heterocycles. The Morgan fingerprint density at radius 1 is 1.50 bits per heavy atom. The van der Waals surface area contributed by atoms with Crippen LogP contribution in [0, 0.1) is 5.92 Å². The van der Waals surface area contributed by atoms with Gasteiger partial charge >= 0.3 is 0 Å². The van der Waals surface area contributed by atoms with Crippen molar-refractivity contribution in [3.8, 4) is 0 Å². The number of hydrogen-bond acceptors (Lipinski definition) is 3. The Bertz CT molecular complexity index is 196. The van der Waals surface area contributed by atoms with Crippen molar-refractivity contribution in [1.82, 2.24) is 10.2 Å². The molecule has 0 bridgehead atoms. The van der Waals surface area contributed by atoms with Crippen LogP contribution in [0.25, 0.3) is 0 Å². The van der Waals surface area contributed by atoms with Crippen molar-refractivity contribution in [2.24, 2.45) is 11.7 Å². The van der Waals surface area contributed by atoms with Crippen LogP contribution < -0.4 is 11.1 Å². The van der Waals surface area contributed by atoms with Crippen molar-refractivity contribution >= 4 is 5.91 Å². The lowest BCUT2D eigenvalue weighted by atomic mass is 9.94. The van der Waals surface area contributed by atoms with Gasteiger partial charge in [-0.05, 0) is 39.5 Å². The van der Waals surface area contributed by atoms with E-state index in [0.717, 1.165) is 32.5 Å². The number of hydrogen-bond donors (Lipinski definition) is 2. The molecule has 1 aliphatic rings. The van der Waals surface area contributed by atoms with Gasteiger partial charge in [0, 0.05) is 6.04 Å². The summed E-state index contributed by atoms with van der Waals surface area (Å²) >= 11 is 0. The number of rotatable bonds is 3. The molecular weight excluding hydrogens is 178 g/mol. The highest BCUT2D eigenvalue weighted by Gasteiger charge is 2.28. The molecule has 14 heavy (non-hydrogen) atoms.